The molecule has 2 heterocycles. The maximum Gasteiger partial charge on any atom is 0.511 e. The fraction of sp³-hybridized carbons (Fsp3) is 0.538. The number of sulfonamides is 1. The van der Waals surface area contributed by atoms with Crippen LogP contribution in [0, 0.1) is 0 Å². The molecule has 0 saturated carbocycles. The van der Waals surface area contributed by atoms with Gasteiger partial charge in [-0.05, 0) is 35.6 Å². The smallest absolute Gasteiger partial charge is 0.372 e. The van der Waals surface area contributed by atoms with Gasteiger partial charge in [0.15, 0.2) is 0 Å². The molecule has 9 heteroatoms. The van der Waals surface area contributed by atoms with Crippen molar-refractivity contribution in [1.82, 2.24) is 4.31 Å². The summed E-state index contributed by atoms with van der Waals surface area (Å²) in [6, 6.07) is 3.52. The van der Waals surface area contributed by atoms with Crippen molar-refractivity contribution in [1.29, 1.82) is 0 Å². The molecule has 0 fully saturated rings. The summed E-state index contributed by atoms with van der Waals surface area (Å²) in [4.78, 5) is 0. The van der Waals surface area contributed by atoms with Gasteiger partial charge in [-0.1, -0.05) is 17.7 Å². The highest BCUT2D eigenvalue weighted by molar-refractivity contribution is 7.90. The lowest BCUT2D eigenvalue weighted by Gasteiger charge is -2.29. The van der Waals surface area contributed by atoms with Crippen molar-refractivity contribution in [3.8, 4) is 0 Å². The van der Waals surface area contributed by atoms with E-state index >= 15 is 0 Å². The summed E-state index contributed by atoms with van der Waals surface area (Å²) < 4.78 is 67.7. The number of hydrogen-bond acceptors (Lipinski definition) is 3. The van der Waals surface area contributed by atoms with Crippen molar-refractivity contribution >= 4 is 21.6 Å². The van der Waals surface area contributed by atoms with E-state index in [4.69, 9.17) is 16.3 Å². The number of ether oxygens (including phenoxy) is 1. The van der Waals surface area contributed by atoms with Crippen LogP contribution in [0.4, 0.5) is 13.2 Å². The Kier molecular flexibility index (Phi) is 3.91. The van der Waals surface area contributed by atoms with Crippen LogP contribution in [0.25, 0.3) is 0 Å². The van der Waals surface area contributed by atoms with E-state index in [1.165, 1.54) is 0 Å². The van der Waals surface area contributed by atoms with Gasteiger partial charge in [0.2, 0.25) is 0 Å². The van der Waals surface area contributed by atoms with Crippen LogP contribution in [0.1, 0.15) is 22.8 Å². The lowest BCUT2D eigenvalue weighted by atomic mass is 9.92. The molecule has 0 aromatic heterocycles. The summed E-state index contributed by atoms with van der Waals surface area (Å²) in [5.41, 5.74) is -2.92. The Hall–Kier alpha value is -0.830. The summed E-state index contributed by atoms with van der Waals surface area (Å²) in [5.74, 6) is 0. The molecule has 0 bridgehead atoms. The van der Waals surface area contributed by atoms with E-state index in [-0.39, 0.29) is 19.5 Å². The summed E-state index contributed by atoms with van der Waals surface area (Å²) >= 11 is 6.14. The number of benzene rings is 1. The normalized spacial score (nSPS) is 23.0. The predicted molar refractivity (Wildman–Crippen MR) is 74.1 cm³/mol. The minimum Gasteiger partial charge on any atom is -0.372 e. The monoisotopic (exact) mass is 355 g/mol. The first-order valence-corrected chi connectivity index (χ1v) is 8.52. The molecular formula is C13H13ClF3NO3S. The minimum absolute atomic E-state index is 0.136. The van der Waals surface area contributed by atoms with Crippen LogP contribution >= 0.6 is 11.6 Å². The summed E-state index contributed by atoms with van der Waals surface area (Å²) in [6.45, 7) is -0.265. The van der Waals surface area contributed by atoms with Gasteiger partial charge in [-0.3, -0.25) is 0 Å². The molecular weight excluding hydrogens is 343 g/mol. The third-order valence-electron chi connectivity index (χ3n) is 4.02. The second kappa shape index (κ2) is 5.36. The van der Waals surface area contributed by atoms with E-state index in [1.54, 1.807) is 6.07 Å². The molecule has 2 aliphatic heterocycles. The molecule has 0 saturated heterocycles. The second-order valence-electron chi connectivity index (χ2n) is 5.27. The molecule has 1 aromatic carbocycles. The van der Waals surface area contributed by atoms with Crippen LogP contribution < -0.4 is 0 Å². The highest BCUT2D eigenvalue weighted by atomic mass is 35.5. The topological polar surface area (TPSA) is 46.6 Å². The molecule has 2 aliphatic rings. The van der Waals surface area contributed by atoms with Gasteiger partial charge in [0, 0.05) is 18.1 Å². The van der Waals surface area contributed by atoms with E-state index in [0.29, 0.717) is 27.9 Å². The van der Waals surface area contributed by atoms with Crippen molar-refractivity contribution in [3.63, 3.8) is 0 Å². The van der Waals surface area contributed by atoms with Crippen LogP contribution in [0.5, 0.6) is 0 Å². The van der Waals surface area contributed by atoms with Crippen molar-refractivity contribution in [3.05, 3.63) is 33.8 Å². The summed E-state index contributed by atoms with van der Waals surface area (Å²) in [7, 11) is -5.37. The zero-order chi connectivity index (χ0) is 16.1. The van der Waals surface area contributed by atoms with Crippen molar-refractivity contribution in [2.75, 3.05) is 19.7 Å². The third kappa shape index (κ3) is 2.51. The molecule has 0 aliphatic carbocycles. The van der Waals surface area contributed by atoms with E-state index in [9.17, 15) is 21.6 Å². The molecule has 1 atom stereocenters. The van der Waals surface area contributed by atoms with Crippen molar-refractivity contribution < 1.29 is 26.3 Å². The standard InChI is InChI=1S/C13H13ClF3NO3S/c14-10-2-1-8-4-6-21-11-7-18(5-3-9(10)12(8)11)22(19,20)13(15,16)17/h1-2,11H,3-7H2. The number of nitrogens with zero attached hydrogens (tertiary/aromatic N) is 1. The molecule has 1 aromatic rings. The molecule has 1 unspecified atom stereocenters. The first-order chi connectivity index (χ1) is 10.2. The quantitative estimate of drug-likeness (QED) is 0.778. The summed E-state index contributed by atoms with van der Waals surface area (Å²) in [5, 5.41) is 0.431. The Morgan fingerprint density at radius 3 is 2.68 bits per heavy atom. The van der Waals surface area contributed by atoms with E-state index in [2.05, 4.69) is 0 Å². The molecule has 122 valence electrons. The lowest BCUT2D eigenvalue weighted by molar-refractivity contribution is -0.0507. The van der Waals surface area contributed by atoms with Crippen LogP contribution in [-0.4, -0.2) is 37.9 Å². The van der Waals surface area contributed by atoms with Gasteiger partial charge >= 0.3 is 15.5 Å². The Labute approximate surface area is 130 Å². The highest BCUT2D eigenvalue weighted by Gasteiger charge is 2.51. The fourth-order valence-electron chi connectivity index (χ4n) is 2.98. The number of halogens is 4. The minimum atomic E-state index is -5.37. The number of hydrogen-bond donors (Lipinski definition) is 0. The third-order valence-corrected chi connectivity index (χ3v) is 5.97. The van der Waals surface area contributed by atoms with Crippen molar-refractivity contribution in [2.24, 2.45) is 0 Å². The Balaban J connectivity index is 2.03. The van der Waals surface area contributed by atoms with E-state index in [1.807, 2.05) is 6.07 Å². The number of alkyl halides is 3. The van der Waals surface area contributed by atoms with Crippen molar-refractivity contribution in [2.45, 2.75) is 24.5 Å². The van der Waals surface area contributed by atoms with E-state index < -0.39 is 21.6 Å². The van der Waals surface area contributed by atoms with Gasteiger partial charge in [-0.2, -0.15) is 17.5 Å². The van der Waals surface area contributed by atoms with Crippen LogP contribution in [0.3, 0.4) is 0 Å². The maximum atomic E-state index is 12.8. The highest BCUT2D eigenvalue weighted by Crippen LogP contribution is 2.39. The maximum absolute atomic E-state index is 12.8. The first kappa shape index (κ1) is 16.0. The molecule has 4 nitrogen and oxygen atoms in total. The van der Waals surface area contributed by atoms with Crippen LogP contribution in [0.15, 0.2) is 12.1 Å². The molecule has 0 amide bonds. The predicted octanol–water partition coefficient (Wildman–Crippen LogP) is 2.66. The average Bonchev–Trinajstić information content (AvgIpc) is 2.63. The van der Waals surface area contributed by atoms with Gasteiger partial charge in [0.1, 0.15) is 0 Å². The van der Waals surface area contributed by atoms with Gasteiger partial charge in [0.25, 0.3) is 0 Å². The molecule has 0 spiro atoms. The average molecular weight is 356 g/mol. The second-order valence-corrected chi connectivity index (χ2v) is 7.60. The Morgan fingerprint density at radius 2 is 2.00 bits per heavy atom. The molecule has 3 rings (SSSR count). The fourth-order valence-corrected chi connectivity index (χ4v) is 4.19. The number of rotatable bonds is 1. The zero-order valence-corrected chi connectivity index (χ0v) is 12.9. The van der Waals surface area contributed by atoms with Gasteiger partial charge in [0.05, 0.1) is 12.7 Å². The lowest BCUT2D eigenvalue weighted by Crippen LogP contribution is -2.43. The SMILES string of the molecule is O=S(=O)(N1CCc2c(Cl)ccc3c2C(C1)OCC3)C(F)(F)F. The summed E-state index contributed by atoms with van der Waals surface area (Å²) in [6.07, 6.45) is 0.0659. The largest absolute Gasteiger partial charge is 0.511 e. The first-order valence-electron chi connectivity index (χ1n) is 6.70. The zero-order valence-electron chi connectivity index (χ0n) is 11.4. The molecule has 22 heavy (non-hydrogen) atoms. The van der Waals surface area contributed by atoms with Crippen LogP contribution in [0.2, 0.25) is 5.02 Å². The van der Waals surface area contributed by atoms with Gasteiger partial charge in [-0.25, -0.2) is 8.42 Å². The molecule has 0 radical (unpaired) electrons. The molecule has 0 N–H and O–H groups in total. The Morgan fingerprint density at radius 1 is 1.27 bits per heavy atom. The van der Waals surface area contributed by atoms with Crippen LogP contribution in [-0.2, 0) is 27.6 Å². The Bertz CT molecular complexity index is 705. The van der Waals surface area contributed by atoms with Gasteiger partial charge in [-0.15, -0.1) is 0 Å². The van der Waals surface area contributed by atoms with Gasteiger partial charge < -0.3 is 4.74 Å². The van der Waals surface area contributed by atoms with E-state index in [0.717, 1.165) is 11.1 Å².